The molecule has 2 aromatic heterocycles. The van der Waals surface area contributed by atoms with Gasteiger partial charge in [0.2, 0.25) is 5.95 Å². The molecule has 4 rings (SSSR count). The molecule has 0 saturated heterocycles. The summed E-state index contributed by atoms with van der Waals surface area (Å²) in [6.45, 7) is 0.250. The molecule has 7 nitrogen and oxygen atoms in total. The van der Waals surface area contributed by atoms with E-state index < -0.39 is 23.5 Å². The number of carbonyl (C=O) groups is 1. The standard InChI is InChI=1S/C24H19F4N5O2/c25-17-8-14(7-16(10-17)24(26,27)28)18-12-32-23(29)33-21(18)15-9-19(31-11-15)22(35)30-6-5-13-3-1-2-4-20(13)34/h1-4,7-12,31,34H,5-6H2,(H,30,35)(H2,29,32,33). The fourth-order valence-electron chi connectivity index (χ4n) is 3.53. The van der Waals surface area contributed by atoms with Crippen molar-refractivity contribution in [3.63, 3.8) is 0 Å². The van der Waals surface area contributed by atoms with E-state index in [1.54, 1.807) is 24.3 Å². The van der Waals surface area contributed by atoms with E-state index in [0.29, 0.717) is 23.6 Å². The van der Waals surface area contributed by atoms with Gasteiger partial charge in [-0.2, -0.15) is 13.2 Å². The summed E-state index contributed by atoms with van der Waals surface area (Å²) in [5.41, 5.74) is 5.85. The molecule has 35 heavy (non-hydrogen) atoms. The van der Waals surface area contributed by atoms with Crippen molar-refractivity contribution >= 4 is 11.9 Å². The minimum atomic E-state index is -4.75. The number of carbonyl (C=O) groups excluding carboxylic acids is 1. The molecule has 0 aliphatic rings. The summed E-state index contributed by atoms with van der Waals surface area (Å²) in [4.78, 5) is 23.3. The number of amides is 1. The van der Waals surface area contributed by atoms with Crippen LogP contribution in [0, 0.1) is 5.82 Å². The van der Waals surface area contributed by atoms with Crippen molar-refractivity contribution in [1.82, 2.24) is 20.3 Å². The van der Waals surface area contributed by atoms with Crippen molar-refractivity contribution in [1.29, 1.82) is 0 Å². The molecule has 0 fully saturated rings. The zero-order valence-electron chi connectivity index (χ0n) is 18.0. The molecule has 0 bridgehead atoms. The zero-order chi connectivity index (χ0) is 25.2. The first-order valence-electron chi connectivity index (χ1n) is 10.4. The summed E-state index contributed by atoms with van der Waals surface area (Å²) in [6.07, 6.45) is -1.71. The lowest BCUT2D eigenvalue weighted by Gasteiger charge is -2.12. The van der Waals surface area contributed by atoms with Gasteiger partial charge in [-0.25, -0.2) is 14.4 Å². The Balaban J connectivity index is 1.59. The van der Waals surface area contributed by atoms with Gasteiger partial charge in [0.25, 0.3) is 5.91 Å². The third-order valence-electron chi connectivity index (χ3n) is 5.22. The molecule has 5 N–H and O–H groups in total. The highest BCUT2D eigenvalue weighted by Crippen LogP contribution is 2.36. The Morgan fingerprint density at radius 3 is 2.63 bits per heavy atom. The lowest BCUT2D eigenvalue weighted by Crippen LogP contribution is -2.25. The summed E-state index contributed by atoms with van der Waals surface area (Å²) in [5.74, 6) is -1.54. The maximum absolute atomic E-state index is 14.0. The van der Waals surface area contributed by atoms with Gasteiger partial charge in [0.05, 0.1) is 11.3 Å². The predicted octanol–water partition coefficient (Wildman–Crippen LogP) is 4.56. The number of nitrogens with two attached hydrogens (primary N) is 1. The third kappa shape index (κ3) is 5.40. The average Bonchev–Trinajstić information content (AvgIpc) is 3.29. The van der Waals surface area contributed by atoms with Crippen molar-refractivity contribution in [2.75, 3.05) is 12.3 Å². The molecule has 2 aromatic carbocycles. The van der Waals surface area contributed by atoms with Gasteiger partial charge < -0.3 is 21.1 Å². The molecule has 0 atom stereocenters. The molecule has 2 heterocycles. The number of H-pyrrole nitrogens is 1. The van der Waals surface area contributed by atoms with Gasteiger partial charge in [0.15, 0.2) is 0 Å². The van der Waals surface area contributed by atoms with Crippen LogP contribution >= 0.6 is 0 Å². The van der Waals surface area contributed by atoms with E-state index in [9.17, 15) is 27.5 Å². The maximum atomic E-state index is 14.0. The van der Waals surface area contributed by atoms with Gasteiger partial charge in [0.1, 0.15) is 17.3 Å². The summed E-state index contributed by atoms with van der Waals surface area (Å²) in [7, 11) is 0. The fourth-order valence-corrected chi connectivity index (χ4v) is 3.53. The maximum Gasteiger partial charge on any atom is 0.416 e. The van der Waals surface area contributed by atoms with Crippen LogP contribution in [0.1, 0.15) is 21.6 Å². The monoisotopic (exact) mass is 485 g/mol. The van der Waals surface area contributed by atoms with Gasteiger partial charge in [-0.3, -0.25) is 4.79 Å². The van der Waals surface area contributed by atoms with E-state index in [2.05, 4.69) is 20.3 Å². The van der Waals surface area contributed by atoms with E-state index >= 15 is 0 Å². The van der Waals surface area contributed by atoms with Crippen LogP contribution in [-0.4, -0.2) is 32.5 Å². The lowest BCUT2D eigenvalue weighted by atomic mass is 10.00. The van der Waals surface area contributed by atoms with Crippen LogP contribution in [0.4, 0.5) is 23.5 Å². The van der Waals surface area contributed by atoms with Crippen molar-refractivity contribution in [2.45, 2.75) is 12.6 Å². The van der Waals surface area contributed by atoms with Crippen LogP contribution < -0.4 is 11.1 Å². The van der Waals surface area contributed by atoms with Gasteiger partial charge in [-0.1, -0.05) is 18.2 Å². The Bertz CT molecular complexity index is 1380. The summed E-state index contributed by atoms with van der Waals surface area (Å²) < 4.78 is 53.6. The largest absolute Gasteiger partial charge is 0.508 e. The number of halogens is 4. The first kappa shape index (κ1) is 23.7. The Kier molecular flexibility index (Phi) is 6.41. The molecule has 0 radical (unpaired) electrons. The van der Waals surface area contributed by atoms with Gasteiger partial charge >= 0.3 is 6.18 Å². The minimum Gasteiger partial charge on any atom is -0.508 e. The Labute approximate surface area is 196 Å². The summed E-state index contributed by atoms with van der Waals surface area (Å²) in [5, 5.41) is 12.5. The van der Waals surface area contributed by atoms with E-state index in [-0.39, 0.29) is 40.8 Å². The molecule has 0 spiro atoms. The topological polar surface area (TPSA) is 117 Å². The van der Waals surface area contributed by atoms with Crippen molar-refractivity contribution in [3.05, 3.63) is 83.6 Å². The van der Waals surface area contributed by atoms with Crippen molar-refractivity contribution in [2.24, 2.45) is 0 Å². The van der Waals surface area contributed by atoms with Crippen LogP contribution in [0.3, 0.4) is 0 Å². The SMILES string of the molecule is Nc1ncc(-c2cc(F)cc(C(F)(F)F)c2)c(-c2c[nH]c(C(=O)NCCc3ccccc3O)c2)n1. The van der Waals surface area contributed by atoms with E-state index in [1.165, 1.54) is 18.5 Å². The molecule has 4 aromatic rings. The number of aromatic nitrogens is 3. The molecule has 11 heteroatoms. The van der Waals surface area contributed by atoms with Gasteiger partial charge in [-0.15, -0.1) is 0 Å². The quantitative estimate of drug-likeness (QED) is 0.299. The normalized spacial score (nSPS) is 11.4. The summed E-state index contributed by atoms with van der Waals surface area (Å²) >= 11 is 0. The molecule has 0 saturated carbocycles. The van der Waals surface area contributed by atoms with E-state index in [4.69, 9.17) is 5.73 Å². The second kappa shape index (κ2) is 9.45. The minimum absolute atomic E-state index is 0.0952. The highest BCUT2D eigenvalue weighted by Gasteiger charge is 2.32. The molecule has 0 aliphatic carbocycles. The van der Waals surface area contributed by atoms with Crippen molar-refractivity contribution in [3.8, 4) is 28.1 Å². The molecular formula is C24H19F4N5O2. The average molecular weight is 485 g/mol. The fraction of sp³-hybridized carbons (Fsp3) is 0.125. The van der Waals surface area contributed by atoms with Crippen LogP contribution in [0.5, 0.6) is 5.75 Å². The van der Waals surface area contributed by atoms with Gasteiger partial charge in [-0.05, 0) is 47.9 Å². The molecule has 180 valence electrons. The highest BCUT2D eigenvalue weighted by atomic mass is 19.4. The number of alkyl halides is 3. The van der Waals surface area contributed by atoms with Crippen LogP contribution in [0.15, 0.2) is 60.9 Å². The number of hydrogen-bond acceptors (Lipinski definition) is 5. The number of para-hydroxylation sites is 1. The molecular weight excluding hydrogens is 466 g/mol. The zero-order valence-corrected chi connectivity index (χ0v) is 18.0. The Morgan fingerprint density at radius 2 is 1.89 bits per heavy atom. The Hall–Kier alpha value is -4.41. The van der Waals surface area contributed by atoms with Crippen molar-refractivity contribution < 1.29 is 27.5 Å². The number of nitrogens with one attached hydrogen (secondary N) is 2. The second-order valence-electron chi connectivity index (χ2n) is 7.65. The highest BCUT2D eigenvalue weighted by molar-refractivity contribution is 5.94. The first-order valence-corrected chi connectivity index (χ1v) is 10.4. The number of anilines is 1. The molecule has 0 aliphatic heterocycles. The van der Waals surface area contributed by atoms with E-state index in [0.717, 1.165) is 12.1 Å². The second-order valence-corrected chi connectivity index (χ2v) is 7.65. The van der Waals surface area contributed by atoms with E-state index in [1.807, 2.05) is 0 Å². The Morgan fingerprint density at radius 1 is 1.11 bits per heavy atom. The van der Waals surface area contributed by atoms with Crippen LogP contribution in [0.25, 0.3) is 22.4 Å². The lowest BCUT2D eigenvalue weighted by molar-refractivity contribution is -0.137. The number of phenolic OH excluding ortho intramolecular Hbond substituents is 1. The number of nitrogens with zero attached hydrogens (tertiary/aromatic N) is 2. The predicted molar refractivity (Wildman–Crippen MR) is 121 cm³/mol. The number of hydrogen-bond donors (Lipinski definition) is 4. The van der Waals surface area contributed by atoms with Crippen LogP contribution in [-0.2, 0) is 12.6 Å². The number of nitrogen functional groups attached to an aromatic ring is 1. The number of aromatic amines is 1. The number of phenols is 1. The third-order valence-corrected chi connectivity index (χ3v) is 5.22. The smallest absolute Gasteiger partial charge is 0.416 e. The number of rotatable bonds is 6. The summed E-state index contributed by atoms with van der Waals surface area (Å²) in [6, 6.07) is 10.3. The van der Waals surface area contributed by atoms with Crippen LogP contribution in [0.2, 0.25) is 0 Å². The number of aromatic hydroxyl groups is 1. The first-order chi connectivity index (χ1) is 16.6. The van der Waals surface area contributed by atoms with Gasteiger partial charge in [0, 0.05) is 30.1 Å². The molecule has 1 amide bonds. The number of benzene rings is 2. The molecule has 0 unspecified atom stereocenters.